The Morgan fingerprint density at radius 3 is 2.40 bits per heavy atom. The molecule has 1 saturated heterocycles. The molecule has 2 rings (SSSR count). The standard InChI is InChI=1S/C15H23N3O2/c1-3-15(4-2)8-10-17(11-9-15)13-7-5-6-12(16)14(13)18(19)20/h5-7H,3-4,8-11,16H2,1-2H3. The Bertz CT molecular complexity index is 488. The van der Waals surface area contributed by atoms with E-state index in [0.717, 1.165) is 25.9 Å². The van der Waals surface area contributed by atoms with Gasteiger partial charge in [0.15, 0.2) is 0 Å². The fourth-order valence-electron chi connectivity index (χ4n) is 3.18. The molecule has 1 aromatic carbocycles. The molecule has 1 heterocycles. The van der Waals surface area contributed by atoms with Gasteiger partial charge in [-0.3, -0.25) is 10.1 Å². The number of anilines is 2. The van der Waals surface area contributed by atoms with E-state index in [2.05, 4.69) is 18.7 Å². The molecule has 2 N–H and O–H groups in total. The average molecular weight is 277 g/mol. The number of rotatable bonds is 4. The summed E-state index contributed by atoms with van der Waals surface area (Å²) in [5.74, 6) is 0. The van der Waals surface area contributed by atoms with Crippen molar-refractivity contribution >= 4 is 17.1 Å². The van der Waals surface area contributed by atoms with Gasteiger partial charge in [0.2, 0.25) is 0 Å². The van der Waals surface area contributed by atoms with Crippen molar-refractivity contribution in [3.8, 4) is 0 Å². The molecule has 5 nitrogen and oxygen atoms in total. The maximum absolute atomic E-state index is 11.2. The van der Waals surface area contributed by atoms with Gasteiger partial charge in [-0.15, -0.1) is 0 Å². The Morgan fingerprint density at radius 1 is 1.30 bits per heavy atom. The van der Waals surface area contributed by atoms with Gasteiger partial charge in [-0.25, -0.2) is 0 Å². The van der Waals surface area contributed by atoms with Gasteiger partial charge in [0, 0.05) is 13.1 Å². The summed E-state index contributed by atoms with van der Waals surface area (Å²) in [6.45, 7) is 6.21. The first-order chi connectivity index (χ1) is 9.53. The number of nitro groups is 1. The van der Waals surface area contributed by atoms with Crippen LogP contribution in [-0.4, -0.2) is 18.0 Å². The van der Waals surface area contributed by atoms with Gasteiger partial charge in [-0.2, -0.15) is 0 Å². The highest BCUT2D eigenvalue weighted by atomic mass is 16.6. The van der Waals surface area contributed by atoms with Crippen molar-refractivity contribution in [1.29, 1.82) is 0 Å². The van der Waals surface area contributed by atoms with E-state index in [4.69, 9.17) is 5.73 Å². The molecule has 0 aliphatic carbocycles. The number of nitrogens with zero attached hydrogens (tertiary/aromatic N) is 2. The fourth-order valence-corrected chi connectivity index (χ4v) is 3.18. The number of nitrogen functional groups attached to an aromatic ring is 1. The van der Waals surface area contributed by atoms with Crippen LogP contribution in [0.5, 0.6) is 0 Å². The average Bonchev–Trinajstić information content (AvgIpc) is 2.46. The van der Waals surface area contributed by atoms with Gasteiger partial charge in [-0.1, -0.05) is 32.8 Å². The van der Waals surface area contributed by atoms with E-state index >= 15 is 0 Å². The molecular weight excluding hydrogens is 254 g/mol. The molecular formula is C15H23N3O2. The molecule has 0 radical (unpaired) electrons. The van der Waals surface area contributed by atoms with Gasteiger partial charge < -0.3 is 10.6 Å². The molecule has 0 amide bonds. The van der Waals surface area contributed by atoms with Gasteiger partial charge in [0.25, 0.3) is 0 Å². The van der Waals surface area contributed by atoms with E-state index in [1.807, 2.05) is 0 Å². The monoisotopic (exact) mass is 277 g/mol. The minimum Gasteiger partial charge on any atom is -0.393 e. The maximum atomic E-state index is 11.2. The highest BCUT2D eigenvalue weighted by Crippen LogP contribution is 2.41. The van der Waals surface area contributed by atoms with E-state index < -0.39 is 0 Å². The highest BCUT2D eigenvalue weighted by molar-refractivity contribution is 5.75. The van der Waals surface area contributed by atoms with Crippen LogP contribution in [0.4, 0.5) is 17.1 Å². The molecule has 0 spiro atoms. The van der Waals surface area contributed by atoms with Crippen LogP contribution in [0.2, 0.25) is 0 Å². The van der Waals surface area contributed by atoms with Crippen molar-refractivity contribution in [1.82, 2.24) is 0 Å². The molecule has 1 fully saturated rings. The first-order valence-corrected chi connectivity index (χ1v) is 7.31. The summed E-state index contributed by atoms with van der Waals surface area (Å²) in [5.41, 5.74) is 7.13. The predicted octanol–water partition coefficient (Wildman–Crippen LogP) is 3.58. The van der Waals surface area contributed by atoms with Crippen LogP contribution >= 0.6 is 0 Å². The predicted molar refractivity (Wildman–Crippen MR) is 82.0 cm³/mol. The third-order valence-corrected chi connectivity index (χ3v) is 4.89. The lowest BCUT2D eigenvalue weighted by Crippen LogP contribution is -2.39. The zero-order chi connectivity index (χ0) is 14.8. The highest BCUT2D eigenvalue weighted by Gasteiger charge is 2.33. The lowest BCUT2D eigenvalue weighted by molar-refractivity contribution is -0.383. The quantitative estimate of drug-likeness (QED) is 0.518. The Morgan fingerprint density at radius 2 is 1.90 bits per heavy atom. The van der Waals surface area contributed by atoms with Gasteiger partial charge in [-0.05, 0) is 30.4 Å². The molecule has 5 heteroatoms. The van der Waals surface area contributed by atoms with Crippen LogP contribution < -0.4 is 10.6 Å². The second kappa shape index (κ2) is 5.69. The smallest absolute Gasteiger partial charge is 0.315 e. The van der Waals surface area contributed by atoms with E-state index in [1.54, 1.807) is 18.2 Å². The summed E-state index contributed by atoms with van der Waals surface area (Å²) < 4.78 is 0. The number of benzene rings is 1. The molecule has 0 bridgehead atoms. The summed E-state index contributed by atoms with van der Waals surface area (Å²) >= 11 is 0. The third-order valence-electron chi connectivity index (χ3n) is 4.89. The van der Waals surface area contributed by atoms with Gasteiger partial charge >= 0.3 is 5.69 Å². The van der Waals surface area contributed by atoms with Crippen LogP contribution in [0.1, 0.15) is 39.5 Å². The number of nitro benzene ring substituents is 1. The minimum atomic E-state index is -0.369. The number of hydrogen-bond acceptors (Lipinski definition) is 4. The summed E-state index contributed by atoms with van der Waals surface area (Å²) in [6.07, 6.45) is 4.53. The van der Waals surface area contributed by atoms with Gasteiger partial charge in [0.1, 0.15) is 11.4 Å². The largest absolute Gasteiger partial charge is 0.393 e. The van der Waals surface area contributed by atoms with Crippen LogP contribution in [0.15, 0.2) is 18.2 Å². The van der Waals surface area contributed by atoms with Crippen molar-refractivity contribution in [2.75, 3.05) is 23.7 Å². The third kappa shape index (κ3) is 2.57. The second-order valence-electron chi connectivity index (χ2n) is 5.67. The van der Waals surface area contributed by atoms with Crippen molar-refractivity contribution in [2.24, 2.45) is 5.41 Å². The molecule has 0 unspecified atom stereocenters. The van der Waals surface area contributed by atoms with Crippen LogP contribution in [0, 0.1) is 15.5 Å². The number of hydrogen-bond donors (Lipinski definition) is 1. The Hall–Kier alpha value is -1.78. The molecule has 1 aliphatic rings. The van der Waals surface area contributed by atoms with Crippen LogP contribution in [0.25, 0.3) is 0 Å². The molecule has 20 heavy (non-hydrogen) atoms. The molecule has 0 saturated carbocycles. The van der Waals surface area contributed by atoms with Crippen LogP contribution in [-0.2, 0) is 0 Å². The fraction of sp³-hybridized carbons (Fsp3) is 0.600. The molecule has 1 aromatic rings. The lowest BCUT2D eigenvalue weighted by Gasteiger charge is -2.41. The summed E-state index contributed by atoms with van der Waals surface area (Å²) in [4.78, 5) is 13.0. The SMILES string of the molecule is CCC1(CC)CCN(c2cccc(N)c2[N+](=O)[O-])CC1. The topological polar surface area (TPSA) is 72.4 Å². The summed E-state index contributed by atoms with van der Waals surface area (Å²) in [7, 11) is 0. The van der Waals surface area contributed by atoms with Gasteiger partial charge in [0.05, 0.1) is 4.92 Å². The van der Waals surface area contributed by atoms with Crippen molar-refractivity contribution < 1.29 is 4.92 Å². The minimum absolute atomic E-state index is 0.0491. The summed E-state index contributed by atoms with van der Waals surface area (Å²) in [6, 6.07) is 5.19. The molecule has 0 aromatic heterocycles. The molecule has 0 atom stereocenters. The zero-order valence-electron chi connectivity index (χ0n) is 12.3. The lowest BCUT2D eigenvalue weighted by atomic mass is 9.74. The van der Waals surface area contributed by atoms with E-state index in [1.165, 1.54) is 12.8 Å². The number of piperidine rings is 1. The van der Waals surface area contributed by atoms with Crippen LogP contribution in [0.3, 0.4) is 0 Å². The summed E-state index contributed by atoms with van der Waals surface area (Å²) in [5, 5.41) is 11.2. The first kappa shape index (κ1) is 14.6. The van der Waals surface area contributed by atoms with Crippen molar-refractivity contribution in [2.45, 2.75) is 39.5 Å². The normalized spacial score (nSPS) is 18.0. The van der Waals surface area contributed by atoms with E-state index in [9.17, 15) is 10.1 Å². The number of para-hydroxylation sites is 1. The zero-order valence-corrected chi connectivity index (χ0v) is 12.3. The van der Waals surface area contributed by atoms with E-state index in [0.29, 0.717) is 11.1 Å². The first-order valence-electron chi connectivity index (χ1n) is 7.31. The Labute approximate surface area is 119 Å². The maximum Gasteiger partial charge on any atom is 0.315 e. The second-order valence-corrected chi connectivity index (χ2v) is 5.67. The molecule has 1 aliphatic heterocycles. The van der Waals surface area contributed by atoms with Crippen molar-refractivity contribution in [3.05, 3.63) is 28.3 Å². The van der Waals surface area contributed by atoms with E-state index in [-0.39, 0.29) is 16.3 Å². The Kier molecular flexibility index (Phi) is 4.16. The molecule has 110 valence electrons. The number of nitrogens with two attached hydrogens (primary N) is 1. The van der Waals surface area contributed by atoms with Crippen molar-refractivity contribution in [3.63, 3.8) is 0 Å². The Balaban J connectivity index is 2.23.